The molecule has 1 saturated carbocycles. The average molecular weight is 242 g/mol. The van der Waals surface area contributed by atoms with E-state index in [-0.39, 0.29) is 18.5 Å². The maximum atomic E-state index is 9.65. The number of rotatable bonds is 4. The van der Waals surface area contributed by atoms with E-state index in [0.717, 1.165) is 19.5 Å². The molecule has 0 aliphatic heterocycles. The molecule has 90 valence electrons. The lowest BCUT2D eigenvalue weighted by Crippen LogP contribution is -2.27. The summed E-state index contributed by atoms with van der Waals surface area (Å²) in [6.45, 7) is 1.85. The number of hydrogen-bond donors (Lipinski definition) is 2. The molecule has 3 heteroatoms. The van der Waals surface area contributed by atoms with Crippen molar-refractivity contribution < 1.29 is 5.11 Å². The van der Waals surface area contributed by atoms with Gasteiger partial charge in [0.25, 0.3) is 0 Å². The summed E-state index contributed by atoms with van der Waals surface area (Å²) < 4.78 is 0. The molecule has 0 heterocycles. The molecule has 0 aromatic heterocycles. The van der Waals surface area contributed by atoms with Crippen LogP contribution in [0.5, 0.6) is 0 Å². The number of aliphatic hydroxyl groups excluding tert-OH is 1. The van der Waals surface area contributed by atoms with Crippen molar-refractivity contribution in [1.82, 2.24) is 5.32 Å². The predicted molar refractivity (Wildman–Crippen MR) is 68.7 cm³/mol. The third-order valence-electron chi connectivity index (χ3n) is 3.20. The molecule has 2 atom stereocenters. The van der Waals surface area contributed by atoms with Crippen molar-refractivity contribution in [2.45, 2.75) is 31.9 Å². The molecule has 1 aliphatic rings. The number of aliphatic hydroxyl groups is 1. The van der Waals surface area contributed by atoms with Crippen LogP contribution in [-0.2, 0) is 6.54 Å². The summed E-state index contributed by atoms with van der Waals surface area (Å²) in [5.74, 6) is 0.466. The number of halogens is 1. The normalized spacial score (nSPS) is 24.1. The molecule has 0 saturated heterocycles. The van der Waals surface area contributed by atoms with Crippen LogP contribution >= 0.6 is 12.4 Å². The van der Waals surface area contributed by atoms with E-state index in [1.165, 1.54) is 18.4 Å². The van der Waals surface area contributed by atoms with Gasteiger partial charge < -0.3 is 10.4 Å². The van der Waals surface area contributed by atoms with E-state index in [0.29, 0.717) is 5.92 Å². The summed E-state index contributed by atoms with van der Waals surface area (Å²) in [7, 11) is 0. The molecule has 1 aromatic rings. The summed E-state index contributed by atoms with van der Waals surface area (Å²) in [5.41, 5.74) is 1.31. The van der Waals surface area contributed by atoms with Gasteiger partial charge in [0, 0.05) is 13.1 Å². The quantitative estimate of drug-likeness (QED) is 0.848. The fourth-order valence-electron chi connectivity index (χ4n) is 2.25. The maximum Gasteiger partial charge on any atom is 0.0580 e. The molecule has 2 N–H and O–H groups in total. The van der Waals surface area contributed by atoms with Gasteiger partial charge in [0.1, 0.15) is 0 Å². The van der Waals surface area contributed by atoms with Crippen molar-refractivity contribution in [2.75, 3.05) is 6.54 Å². The number of nitrogens with one attached hydrogen (secondary N) is 1. The fraction of sp³-hybridized carbons (Fsp3) is 0.538. The first-order valence-corrected chi connectivity index (χ1v) is 5.79. The third-order valence-corrected chi connectivity index (χ3v) is 3.20. The molecule has 2 nitrogen and oxygen atoms in total. The zero-order chi connectivity index (χ0) is 10.5. The van der Waals surface area contributed by atoms with Crippen LogP contribution in [0.25, 0.3) is 0 Å². The monoisotopic (exact) mass is 241 g/mol. The first kappa shape index (κ1) is 13.5. The first-order valence-electron chi connectivity index (χ1n) is 5.79. The van der Waals surface area contributed by atoms with E-state index in [1.807, 2.05) is 6.07 Å². The van der Waals surface area contributed by atoms with E-state index in [1.54, 1.807) is 0 Å². The van der Waals surface area contributed by atoms with E-state index in [2.05, 4.69) is 29.6 Å². The second kappa shape index (κ2) is 6.89. The van der Waals surface area contributed by atoms with Crippen LogP contribution in [-0.4, -0.2) is 17.8 Å². The zero-order valence-corrected chi connectivity index (χ0v) is 10.2. The highest BCUT2D eigenvalue weighted by atomic mass is 35.5. The zero-order valence-electron chi connectivity index (χ0n) is 9.43. The Morgan fingerprint density at radius 2 is 1.94 bits per heavy atom. The van der Waals surface area contributed by atoms with Crippen LogP contribution in [0.1, 0.15) is 24.8 Å². The summed E-state index contributed by atoms with van der Waals surface area (Å²) >= 11 is 0. The summed E-state index contributed by atoms with van der Waals surface area (Å²) in [6, 6.07) is 10.4. The molecule has 2 rings (SSSR count). The van der Waals surface area contributed by atoms with Gasteiger partial charge in [-0.05, 0) is 24.3 Å². The molecule has 0 unspecified atom stereocenters. The van der Waals surface area contributed by atoms with Gasteiger partial charge in [-0.15, -0.1) is 12.4 Å². The van der Waals surface area contributed by atoms with Crippen LogP contribution in [0, 0.1) is 5.92 Å². The Morgan fingerprint density at radius 3 is 2.56 bits per heavy atom. The molecule has 1 aliphatic carbocycles. The Hall–Kier alpha value is -0.570. The Labute approximate surface area is 103 Å². The van der Waals surface area contributed by atoms with Crippen molar-refractivity contribution in [3.8, 4) is 0 Å². The molecular formula is C13H20ClNO. The summed E-state index contributed by atoms with van der Waals surface area (Å²) in [4.78, 5) is 0. The predicted octanol–water partition coefficient (Wildman–Crippen LogP) is 2.36. The van der Waals surface area contributed by atoms with Crippen LogP contribution < -0.4 is 5.32 Å². The van der Waals surface area contributed by atoms with E-state index in [4.69, 9.17) is 0 Å². The van der Waals surface area contributed by atoms with Crippen LogP contribution in [0.3, 0.4) is 0 Å². The van der Waals surface area contributed by atoms with Crippen LogP contribution in [0.2, 0.25) is 0 Å². The van der Waals surface area contributed by atoms with E-state index in [9.17, 15) is 5.11 Å². The van der Waals surface area contributed by atoms with Gasteiger partial charge in [-0.1, -0.05) is 36.8 Å². The second-order valence-corrected chi connectivity index (χ2v) is 4.37. The third kappa shape index (κ3) is 3.78. The fourth-order valence-corrected chi connectivity index (χ4v) is 2.25. The number of hydrogen-bond acceptors (Lipinski definition) is 2. The minimum Gasteiger partial charge on any atom is -0.393 e. The topological polar surface area (TPSA) is 32.3 Å². The van der Waals surface area contributed by atoms with Crippen molar-refractivity contribution in [1.29, 1.82) is 0 Å². The van der Waals surface area contributed by atoms with Gasteiger partial charge in [0.15, 0.2) is 0 Å². The smallest absolute Gasteiger partial charge is 0.0580 e. The van der Waals surface area contributed by atoms with Crippen molar-refractivity contribution in [3.63, 3.8) is 0 Å². The Kier molecular flexibility index (Phi) is 5.81. The van der Waals surface area contributed by atoms with Crippen LogP contribution in [0.15, 0.2) is 30.3 Å². The molecule has 1 fully saturated rings. The average Bonchev–Trinajstić information content (AvgIpc) is 2.66. The molecule has 0 amide bonds. The molecule has 1 aromatic carbocycles. The van der Waals surface area contributed by atoms with Gasteiger partial charge in [-0.3, -0.25) is 0 Å². The molecular weight excluding hydrogens is 222 g/mol. The Bertz CT molecular complexity index is 291. The maximum absolute atomic E-state index is 9.65. The minimum absolute atomic E-state index is 0. The van der Waals surface area contributed by atoms with Gasteiger partial charge >= 0.3 is 0 Å². The van der Waals surface area contributed by atoms with E-state index >= 15 is 0 Å². The first-order chi connectivity index (χ1) is 7.36. The summed E-state index contributed by atoms with van der Waals surface area (Å²) in [6.07, 6.45) is 3.26. The molecule has 0 radical (unpaired) electrons. The molecule has 16 heavy (non-hydrogen) atoms. The van der Waals surface area contributed by atoms with Crippen molar-refractivity contribution in [3.05, 3.63) is 35.9 Å². The van der Waals surface area contributed by atoms with Crippen molar-refractivity contribution >= 4 is 12.4 Å². The summed E-state index contributed by atoms with van der Waals surface area (Å²) in [5, 5.41) is 13.1. The SMILES string of the molecule is Cl.O[C@H]1CCC[C@H]1CNCc1ccccc1. The highest BCUT2D eigenvalue weighted by Gasteiger charge is 2.24. The van der Waals surface area contributed by atoms with E-state index < -0.39 is 0 Å². The molecule has 0 spiro atoms. The standard InChI is InChI=1S/C13H19NO.ClH/c15-13-8-4-7-12(13)10-14-9-11-5-2-1-3-6-11;/h1-3,5-6,12-15H,4,7-10H2;1H/t12-,13-;/m0./s1. The number of benzene rings is 1. The lowest BCUT2D eigenvalue weighted by molar-refractivity contribution is 0.131. The minimum atomic E-state index is -0.0757. The highest BCUT2D eigenvalue weighted by molar-refractivity contribution is 5.85. The second-order valence-electron chi connectivity index (χ2n) is 4.37. The van der Waals surface area contributed by atoms with Crippen LogP contribution in [0.4, 0.5) is 0 Å². The van der Waals surface area contributed by atoms with Gasteiger partial charge in [0.05, 0.1) is 6.10 Å². The van der Waals surface area contributed by atoms with Gasteiger partial charge in [-0.2, -0.15) is 0 Å². The Balaban J connectivity index is 0.00000128. The highest BCUT2D eigenvalue weighted by Crippen LogP contribution is 2.24. The Morgan fingerprint density at radius 1 is 1.19 bits per heavy atom. The molecule has 0 bridgehead atoms. The van der Waals surface area contributed by atoms with Gasteiger partial charge in [-0.25, -0.2) is 0 Å². The lowest BCUT2D eigenvalue weighted by atomic mass is 10.1. The van der Waals surface area contributed by atoms with Crippen molar-refractivity contribution in [2.24, 2.45) is 5.92 Å². The lowest BCUT2D eigenvalue weighted by Gasteiger charge is -2.14. The van der Waals surface area contributed by atoms with Gasteiger partial charge in [0.2, 0.25) is 0 Å². The largest absolute Gasteiger partial charge is 0.393 e.